The molecule has 2 fully saturated rings. The van der Waals surface area contributed by atoms with Crippen LogP contribution in [0, 0.1) is 17.3 Å². The smallest absolute Gasteiger partial charge is 0.338 e. The summed E-state index contributed by atoms with van der Waals surface area (Å²) in [7, 11) is 0. The van der Waals surface area contributed by atoms with Gasteiger partial charge in [-0.05, 0) is 54.4 Å². The van der Waals surface area contributed by atoms with E-state index in [0.29, 0.717) is 63.3 Å². The van der Waals surface area contributed by atoms with E-state index < -0.39 is 16.6 Å². The summed E-state index contributed by atoms with van der Waals surface area (Å²) in [6.07, 6.45) is -0.0448. The Morgan fingerprint density at radius 1 is 1.14 bits per heavy atom. The van der Waals surface area contributed by atoms with Gasteiger partial charge in [-0.2, -0.15) is 13.2 Å². The molecule has 2 bridgehead atoms. The number of benzene rings is 1. The zero-order valence-electron chi connectivity index (χ0n) is 21.0. The third kappa shape index (κ3) is 6.37. The Hall–Kier alpha value is -1.97. The fourth-order valence-corrected chi connectivity index (χ4v) is 5.94. The topological polar surface area (TPSA) is 55.9 Å². The zero-order valence-corrected chi connectivity index (χ0v) is 22.5. The van der Waals surface area contributed by atoms with Crippen LogP contribution in [-0.2, 0) is 11.0 Å². The summed E-state index contributed by atoms with van der Waals surface area (Å²) in [5, 5.41) is 2.77. The minimum Gasteiger partial charge on any atom is -0.338 e. The molecule has 1 heterocycles. The number of urea groups is 1. The number of piperazine rings is 1. The monoisotopic (exact) mass is 560 g/mol. The minimum absolute atomic E-state index is 0.214. The van der Waals surface area contributed by atoms with Gasteiger partial charge in [0.1, 0.15) is 0 Å². The van der Waals surface area contributed by atoms with Crippen LogP contribution in [0.5, 0.6) is 0 Å². The molecule has 5 rings (SSSR count). The molecule has 11 heteroatoms. The van der Waals surface area contributed by atoms with Crippen LogP contribution in [0.4, 0.5) is 23.7 Å². The van der Waals surface area contributed by atoms with Gasteiger partial charge >= 0.3 is 12.2 Å². The Morgan fingerprint density at radius 2 is 1.78 bits per heavy atom. The Labute approximate surface area is 225 Å². The van der Waals surface area contributed by atoms with Crippen molar-refractivity contribution in [3.05, 3.63) is 41.5 Å². The van der Waals surface area contributed by atoms with Gasteiger partial charge in [0.15, 0.2) is 4.84 Å². The van der Waals surface area contributed by atoms with E-state index >= 15 is 0 Å². The van der Waals surface area contributed by atoms with Crippen molar-refractivity contribution in [1.82, 2.24) is 14.7 Å². The molecule has 1 aromatic carbocycles. The third-order valence-electron chi connectivity index (χ3n) is 8.26. The van der Waals surface area contributed by atoms with Crippen molar-refractivity contribution < 1.29 is 22.8 Å². The average Bonchev–Trinajstić information content (AvgIpc) is 2.86. The van der Waals surface area contributed by atoms with E-state index in [1.807, 2.05) is 0 Å². The number of hydrogen-bond acceptors (Lipinski definition) is 3. The lowest BCUT2D eigenvalue weighted by Crippen LogP contribution is -2.53. The minimum atomic E-state index is -4.43. The summed E-state index contributed by atoms with van der Waals surface area (Å²) >= 11 is 11.4. The Balaban J connectivity index is 1.40. The number of anilines is 1. The molecule has 3 aliphatic carbocycles. The molecule has 1 N–H and O–H groups in total. The normalized spacial score (nSPS) is 23.4. The van der Waals surface area contributed by atoms with Crippen molar-refractivity contribution in [3.8, 4) is 0 Å². The molecular formula is C26H33Cl2F3N4O2. The first-order chi connectivity index (χ1) is 17.4. The largest absolute Gasteiger partial charge is 0.416 e. The number of allylic oxidation sites excluding steroid dienone is 1. The van der Waals surface area contributed by atoms with Crippen molar-refractivity contribution >= 4 is 40.8 Å². The van der Waals surface area contributed by atoms with E-state index in [9.17, 15) is 22.8 Å². The van der Waals surface area contributed by atoms with Gasteiger partial charge in [-0.15, -0.1) is 0 Å². The molecule has 1 saturated heterocycles. The second kappa shape index (κ2) is 11.0. The van der Waals surface area contributed by atoms with Crippen LogP contribution < -0.4 is 5.32 Å². The Kier molecular flexibility index (Phi) is 8.36. The van der Waals surface area contributed by atoms with E-state index in [-0.39, 0.29) is 17.4 Å². The lowest BCUT2D eigenvalue weighted by atomic mass is 9.49. The van der Waals surface area contributed by atoms with Crippen molar-refractivity contribution in [1.29, 1.82) is 0 Å². The molecule has 2 unspecified atom stereocenters. The van der Waals surface area contributed by atoms with Crippen LogP contribution in [0.3, 0.4) is 0 Å². The number of nitrogens with one attached hydrogen (secondary N) is 1. The molecule has 6 nitrogen and oxygen atoms in total. The number of hydrogen-bond donors (Lipinski definition) is 1. The van der Waals surface area contributed by atoms with Gasteiger partial charge in [0.25, 0.3) is 5.91 Å². The first-order valence-electron chi connectivity index (χ1n) is 12.6. The van der Waals surface area contributed by atoms with Crippen LogP contribution in [-0.4, -0.2) is 77.3 Å². The van der Waals surface area contributed by atoms with Gasteiger partial charge in [0.2, 0.25) is 0 Å². The first kappa shape index (κ1) is 28.0. The number of amides is 3. The van der Waals surface area contributed by atoms with Crippen molar-refractivity contribution in [2.24, 2.45) is 17.3 Å². The van der Waals surface area contributed by atoms with Gasteiger partial charge in [-0.25, -0.2) is 4.79 Å². The standard InChI is InChI=1S/C26H33Cl2F3N4O2/c1-25(2)19-4-3-17(21(25)15-19)16-35(14-11-33-9-12-34(13-10-33)23(36)22(27)28)24(37)32-20-7-5-18(6-8-20)26(29,30)31/h3,5-8,19,21-22H,4,9-16H2,1-2H3,(H,32,37). The highest BCUT2D eigenvalue weighted by Crippen LogP contribution is 2.59. The van der Waals surface area contributed by atoms with Gasteiger partial charge in [0, 0.05) is 51.5 Å². The van der Waals surface area contributed by atoms with Gasteiger partial charge in [-0.1, -0.05) is 48.7 Å². The average molecular weight is 561 g/mol. The highest BCUT2D eigenvalue weighted by atomic mass is 35.5. The molecule has 37 heavy (non-hydrogen) atoms. The predicted molar refractivity (Wildman–Crippen MR) is 139 cm³/mol. The van der Waals surface area contributed by atoms with Crippen LogP contribution in [0.25, 0.3) is 0 Å². The third-order valence-corrected chi connectivity index (χ3v) is 8.64. The van der Waals surface area contributed by atoms with Gasteiger partial charge < -0.3 is 15.1 Å². The lowest BCUT2D eigenvalue weighted by Gasteiger charge is -2.57. The van der Waals surface area contributed by atoms with E-state index in [2.05, 4.69) is 30.1 Å². The molecule has 3 amide bonds. The molecule has 1 saturated carbocycles. The summed E-state index contributed by atoms with van der Waals surface area (Å²) in [6.45, 7) is 8.38. The molecular weight excluding hydrogens is 528 g/mol. The Bertz CT molecular complexity index is 1020. The fourth-order valence-electron chi connectivity index (χ4n) is 5.67. The summed E-state index contributed by atoms with van der Waals surface area (Å²) in [4.78, 5) is 29.8. The molecule has 204 valence electrons. The number of nitrogens with zero attached hydrogens (tertiary/aromatic N) is 3. The second-order valence-corrected chi connectivity index (χ2v) is 11.8. The highest BCUT2D eigenvalue weighted by molar-refractivity contribution is 6.53. The van der Waals surface area contributed by atoms with E-state index in [1.165, 1.54) is 17.7 Å². The van der Waals surface area contributed by atoms with Crippen molar-refractivity contribution in [2.45, 2.75) is 37.7 Å². The SMILES string of the molecule is CC1(C)C2CC=C(CN(CCN3CCN(C(=O)C(Cl)Cl)CC3)C(=O)Nc3ccc(C(F)(F)F)cc3)C1C2. The van der Waals surface area contributed by atoms with Gasteiger partial charge in [0.05, 0.1) is 5.56 Å². The summed E-state index contributed by atoms with van der Waals surface area (Å²) in [5.74, 6) is 0.808. The number of alkyl halides is 5. The van der Waals surface area contributed by atoms with Crippen LogP contribution in [0.2, 0.25) is 0 Å². The van der Waals surface area contributed by atoms with Crippen molar-refractivity contribution in [3.63, 3.8) is 0 Å². The summed E-state index contributed by atoms with van der Waals surface area (Å²) < 4.78 is 38.8. The fraction of sp³-hybridized carbons (Fsp3) is 0.615. The van der Waals surface area contributed by atoms with E-state index in [0.717, 1.165) is 25.0 Å². The molecule has 2 atom stereocenters. The van der Waals surface area contributed by atoms with E-state index in [1.54, 1.807) is 9.80 Å². The van der Waals surface area contributed by atoms with Crippen LogP contribution >= 0.6 is 23.2 Å². The quantitative estimate of drug-likeness (QED) is 0.355. The van der Waals surface area contributed by atoms with Crippen LogP contribution in [0.1, 0.15) is 32.3 Å². The summed E-state index contributed by atoms with van der Waals surface area (Å²) in [6, 6.07) is 4.13. The van der Waals surface area contributed by atoms with Crippen molar-refractivity contribution in [2.75, 3.05) is 51.1 Å². The molecule has 0 aromatic heterocycles. The molecule has 0 spiro atoms. The van der Waals surface area contributed by atoms with Gasteiger partial charge in [-0.3, -0.25) is 9.69 Å². The van der Waals surface area contributed by atoms with E-state index in [4.69, 9.17) is 23.2 Å². The molecule has 0 radical (unpaired) electrons. The molecule has 1 aliphatic heterocycles. The van der Waals surface area contributed by atoms with Crippen LogP contribution in [0.15, 0.2) is 35.9 Å². The number of halogens is 5. The Morgan fingerprint density at radius 3 is 2.32 bits per heavy atom. The predicted octanol–water partition coefficient (Wildman–Crippen LogP) is 5.48. The lowest BCUT2D eigenvalue weighted by molar-refractivity contribution is -0.137. The highest BCUT2D eigenvalue weighted by Gasteiger charge is 2.51. The summed E-state index contributed by atoms with van der Waals surface area (Å²) in [5.41, 5.74) is 1.02. The molecule has 1 aromatic rings. The number of rotatable bonds is 7. The zero-order chi connectivity index (χ0) is 27.0. The molecule has 4 aliphatic rings. The maximum atomic E-state index is 13.3. The second-order valence-electron chi connectivity index (χ2n) is 10.7. The number of fused-ring (bicyclic) bond motifs is 1. The first-order valence-corrected chi connectivity index (χ1v) is 13.4. The maximum Gasteiger partial charge on any atom is 0.416 e. The number of carbonyl (C=O) groups excluding carboxylic acids is 2. The maximum absolute atomic E-state index is 13.3. The number of carbonyl (C=O) groups is 2.